The lowest BCUT2D eigenvalue weighted by Gasteiger charge is -2.04. The van der Waals surface area contributed by atoms with E-state index in [1.165, 1.54) is 18.3 Å². The van der Waals surface area contributed by atoms with E-state index in [2.05, 4.69) is 10.3 Å². The summed E-state index contributed by atoms with van der Waals surface area (Å²) in [6.45, 7) is 6.04. The maximum atomic E-state index is 12.4. The van der Waals surface area contributed by atoms with Crippen LogP contribution >= 0.6 is 11.3 Å². The normalized spacial score (nSPS) is 10.5. The summed E-state index contributed by atoms with van der Waals surface area (Å²) in [6, 6.07) is 14.3. The van der Waals surface area contributed by atoms with E-state index in [9.17, 15) is 9.59 Å². The van der Waals surface area contributed by atoms with Crippen LogP contribution in [0, 0.1) is 6.92 Å². The number of aromatic nitrogens is 1. The predicted molar refractivity (Wildman–Crippen MR) is 108 cm³/mol. The summed E-state index contributed by atoms with van der Waals surface area (Å²) in [5.41, 5.74) is 2.87. The molecule has 0 saturated heterocycles. The lowest BCUT2D eigenvalue weighted by molar-refractivity contribution is 0.100. The van der Waals surface area contributed by atoms with Crippen molar-refractivity contribution in [2.75, 3.05) is 11.9 Å². The number of aryl methyl sites for hydroxylation is 1. The van der Waals surface area contributed by atoms with Crippen LogP contribution in [0.5, 0.6) is 5.75 Å². The van der Waals surface area contributed by atoms with Gasteiger partial charge >= 0.3 is 0 Å². The van der Waals surface area contributed by atoms with Crippen LogP contribution in [0.2, 0.25) is 0 Å². The fourth-order valence-corrected chi connectivity index (χ4v) is 3.45. The minimum Gasteiger partial charge on any atom is -0.494 e. The van der Waals surface area contributed by atoms with Crippen molar-refractivity contribution in [1.82, 2.24) is 4.98 Å². The first-order valence-electron chi connectivity index (χ1n) is 8.61. The van der Waals surface area contributed by atoms with E-state index in [0.29, 0.717) is 22.9 Å². The van der Waals surface area contributed by atoms with Crippen molar-refractivity contribution >= 4 is 28.2 Å². The molecule has 0 bridgehead atoms. The number of hydrogen-bond donors (Lipinski definition) is 1. The summed E-state index contributed by atoms with van der Waals surface area (Å²) >= 11 is 1.43. The number of ketones is 1. The second-order valence-corrected chi connectivity index (χ2v) is 7.17. The highest BCUT2D eigenvalue weighted by Crippen LogP contribution is 2.31. The molecule has 0 radical (unpaired) electrons. The first-order chi connectivity index (χ1) is 13.0. The Morgan fingerprint density at radius 2 is 1.67 bits per heavy atom. The van der Waals surface area contributed by atoms with Crippen LogP contribution in [-0.4, -0.2) is 23.3 Å². The van der Waals surface area contributed by atoms with E-state index in [4.69, 9.17) is 4.74 Å². The molecule has 1 aromatic heterocycles. The molecule has 1 N–H and O–H groups in total. The zero-order chi connectivity index (χ0) is 19.4. The van der Waals surface area contributed by atoms with E-state index in [0.717, 1.165) is 21.9 Å². The largest absolute Gasteiger partial charge is 0.494 e. The van der Waals surface area contributed by atoms with Gasteiger partial charge in [-0.1, -0.05) is 12.1 Å². The molecule has 27 heavy (non-hydrogen) atoms. The van der Waals surface area contributed by atoms with Crippen LogP contribution < -0.4 is 10.1 Å². The number of rotatable bonds is 6. The van der Waals surface area contributed by atoms with Crippen molar-refractivity contribution < 1.29 is 14.3 Å². The Hall–Kier alpha value is -2.99. The van der Waals surface area contributed by atoms with Crippen LogP contribution in [-0.2, 0) is 0 Å². The van der Waals surface area contributed by atoms with Gasteiger partial charge in [0.1, 0.15) is 5.75 Å². The molecule has 6 heteroatoms. The van der Waals surface area contributed by atoms with Gasteiger partial charge in [0.2, 0.25) is 0 Å². The Kier molecular flexibility index (Phi) is 5.66. The summed E-state index contributed by atoms with van der Waals surface area (Å²) in [7, 11) is 0. The van der Waals surface area contributed by atoms with E-state index in [1.807, 2.05) is 38.1 Å². The maximum Gasteiger partial charge on any atom is 0.257 e. The molecule has 3 aromatic rings. The maximum absolute atomic E-state index is 12.4. The van der Waals surface area contributed by atoms with Crippen molar-refractivity contribution in [3.05, 3.63) is 64.5 Å². The average molecular weight is 380 g/mol. The van der Waals surface area contributed by atoms with Gasteiger partial charge < -0.3 is 4.74 Å². The van der Waals surface area contributed by atoms with E-state index in [-0.39, 0.29) is 11.7 Å². The van der Waals surface area contributed by atoms with Gasteiger partial charge in [-0.25, -0.2) is 4.98 Å². The molecule has 0 unspecified atom stereocenters. The summed E-state index contributed by atoms with van der Waals surface area (Å²) in [5.74, 6) is 0.534. The van der Waals surface area contributed by atoms with Gasteiger partial charge in [0.25, 0.3) is 5.91 Å². The van der Waals surface area contributed by atoms with E-state index in [1.54, 1.807) is 24.3 Å². The molecule has 0 spiro atoms. The number of carbonyl (C=O) groups excluding carboxylic acids is 2. The lowest BCUT2D eigenvalue weighted by atomic mass is 10.1. The third-order valence-corrected chi connectivity index (χ3v) is 4.90. The Morgan fingerprint density at radius 3 is 2.26 bits per heavy atom. The Labute approximate surface area is 162 Å². The van der Waals surface area contributed by atoms with Gasteiger partial charge in [0.05, 0.1) is 12.3 Å². The summed E-state index contributed by atoms with van der Waals surface area (Å²) < 4.78 is 5.46. The van der Waals surface area contributed by atoms with Gasteiger partial charge in [-0.3, -0.25) is 14.9 Å². The minimum absolute atomic E-state index is 0.0301. The lowest BCUT2D eigenvalue weighted by Crippen LogP contribution is -2.11. The van der Waals surface area contributed by atoms with Crippen LogP contribution in [0.4, 0.5) is 5.13 Å². The van der Waals surface area contributed by atoms with Gasteiger partial charge in [0.15, 0.2) is 10.9 Å². The molecular weight excluding hydrogens is 360 g/mol. The Balaban J connectivity index is 1.75. The van der Waals surface area contributed by atoms with Gasteiger partial charge in [-0.05, 0) is 57.2 Å². The number of hydrogen-bond acceptors (Lipinski definition) is 5. The first-order valence-corrected chi connectivity index (χ1v) is 9.42. The number of Topliss-reactive ketones (excluding diaryl/α,β-unsaturated/α-hetero) is 1. The number of benzene rings is 2. The number of anilines is 1. The summed E-state index contributed by atoms with van der Waals surface area (Å²) in [5, 5.41) is 3.37. The van der Waals surface area contributed by atoms with Gasteiger partial charge in [-0.2, -0.15) is 0 Å². The molecule has 5 nitrogen and oxygen atoms in total. The van der Waals surface area contributed by atoms with Crippen molar-refractivity contribution in [1.29, 1.82) is 0 Å². The molecule has 0 aliphatic carbocycles. The van der Waals surface area contributed by atoms with Crippen molar-refractivity contribution in [2.45, 2.75) is 20.8 Å². The molecule has 3 rings (SSSR count). The fourth-order valence-electron chi connectivity index (χ4n) is 2.62. The van der Waals surface area contributed by atoms with Gasteiger partial charge in [-0.15, -0.1) is 11.3 Å². The first kappa shape index (κ1) is 18.8. The quantitative estimate of drug-likeness (QED) is 0.613. The number of amides is 1. The minimum atomic E-state index is -0.253. The zero-order valence-electron chi connectivity index (χ0n) is 15.4. The number of ether oxygens (including phenoxy) is 1. The predicted octanol–water partition coefficient (Wildman–Crippen LogP) is 4.97. The molecule has 0 saturated carbocycles. The number of nitrogens with zero attached hydrogens (tertiary/aromatic N) is 1. The Morgan fingerprint density at radius 1 is 1.04 bits per heavy atom. The van der Waals surface area contributed by atoms with Crippen LogP contribution in [0.15, 0.2) is 48.5 Å². The second kappa shape index (κ2) is 8.14. The topological polar surface area (TPSA) is 68.3 Å². The number of thiazole rings is 1. The highest BCUT2D eigenvalue weighted by molar-refractivity contribution is 7.16. The molecule has 0 fully saturated rings. The summed E-state index contributed by atoms with van der Waals surface area (Å²) in [6.07, 6.45) is 0. The second-order valence-electron chi connectivity index (χ2n) is 5.97. The standard InChI is InChI=1S/C21H20N2O3S/c1-4-26-18-11-9-16(10-12-18)19-14(3)27-21(22-19)23-20(25)17-7-5-15(6-8-17)13(2)24/h5-12H,4H2,1-3H3,(H,22,23,25). The summed E-state index contributed by atoms with van der Waals surface area (Å²) in [4.78, 5) is 29.3. The van der Waals surface area contributed by atoms with Crippen molar-refractivity contribution in [2.24, 2.45) is 0 Å². The molecule has 0 atom stereocenters. The average Bonchev–Trinajstić information content (AvgIpc) is 3.02. The SMILES string of the molecule is CCOc1ccc(-c2nc(NC(=O)c3ccc(C(C)=O)cc3)sc2C)cc1. The van der Waals surface area contributed by atoms with E-state index >= 15 is 0 Å². The molecule has 1 heterocycles. The highest BCUT2D eigenvalue weighted by atomic mass is 32.1. The third kappa shape index (κ3) is 4.41. The number of nitrogens with one attached hydrogen (secondary N) is 1. The smallest absolute Gasteiger partial charge is 0.257 e. The highest BCUT2D eigenvalue weighted by Gasteiger charge is 2.13. The van der Waals surface area contributed by atoms with Crippen molar-refractivity contribution in [3.63, 3.8) is 0 Å². The number of carbonyl (C=O) groups is 2. The van der Waals surface area contributed by atoms with Gasteiger partial charge in [0, 0.05) is 21.6 Å². The molecular formula is C21H20N2O3S. The molecule has 0 aliphatic rings. The molecule has 2 aromatic carbocycles. The van der Waals surface area contributed by atoms with Crippen LogP contribution in [0.1, 0.15) is 39.4 Å². The third-order valence-electron chi connectivity index (χ3n) is 4.01. The molecule has 0 aliphatic heterocycles. The van der Waals surface area contributed by atoms with E-state index < -0.39 is 0 Å². The monoisotopic (exact) mass is 380 g/mol. The zero-order valence-corrected chi connectivity index (χ0v) is 16.2. The molecule has 138 valence electrons. The fraction of sp³-hybridized carbons (Fsp3) is 0.190. The molecule has 1 amide bonds. The van der Waals surface area contributed by atoms with Crippen molar-refractivity contribution in [3.8, 4) is 17.0 Å². The van der Waals surface area contributed by atoms with Crippen LogP contribution in [0.25, 0.3) is 11.3 Å². The van der Waals surface area contributed by atoms with Crippen LogP contribution in [0.3, 0.4) is 0 Å². The Bertz CT molecular complexity index is 960.